The summed E-state index contributed by atoms with van der Waals surface area (Å²) >= 11 is 0. The number of carbonyl (C=O) groups excluding carboxylic acids is 1. The largest absolute Gasteiger partial charge is 0.492 e. The molecule has 3 N–H and O–H groups in total. The Kier molecular flexibility index (Phi) is 11.1. The van der Waals surface area contributed by atoms with Crippen molar-refractivity contribution in [2.45, 2.75) is 24.9 Å². The van der Waals surface area contributed by atoms with Gasteiger partial charge >= 0.3 is 0 Å². The quantitative estimate of drug-likeness (QED) is 0.672. The first-order valence-corrected chi connectivity index (χ1v) is 9.33. The van der Waals surface area contributed by atoms with Gasteiger partial charge in [-0.1, -0.05) is 18.2 Å². The first-order chi connectivity index (χ1) is 12.7. The van der Waals surface area contributed by atoms with Gasteiger partial charge in [-0.2, -0.15) is 0 Å². The smallest absolute Gasteiger partial charge is 0.240 e. The van der Waals surface area contributed by atoms with E-state index in [0.717, 1.165) is 44.2 Å². The number of rotatable bonds is 7. The van der Waals surface area contributed by atoms with E-state index in [0.29, 0.717) is 39.2 Å². The Morgan fingerprint density at radius 3 is 2.46 bits per heavy atom. The predicted octanol–water partition coefficient (Wildman–Crippen LogP) is 1.37. The first kappa shape index (κ1) is 24.9. The molecular formula is C19H31Cl2N3O4. The Morgan fingerprint density at radius 2 is 1.75 bits per heavy atom. The molecule has 1 amide bonds. The average Bonchev–Trinajstić information content (AvgIpc) is 2.68. The van der Waals surface area contributed by atoms with Crippen molar-refractivity contribution in [2.24, 2.45) is 5.73 Å². The third-order valence-electron chi connectivity index (χ3n) is 5.02. The van der Waals surface area contributed by atoms with Crippen molar-refractivity contribution in [2.75, 3.05) is 52.7 Å². The normalized spacial score (nSPS) is 19.0. The maximum Gasteiger partial charge on any atom is 0.240 e. The number of ether oxygens (including phenoxy) is 3. The molecule has 0 saturated carbocycles. The highest BCUT2D eigenvalue weighted by atomic mass is 35.5. The van der Waals surface area contributed by atoms with Gasteiger partial charge < -0.3 is 25.3 Å². The molecular weight excluding hydrogens is 405 g/mol. The Hall–Kier alpha value is -1.09. The molecule has 2 aliphatic heterocycles. The van der Waals surface area contributed by atoms with E-state index in [1.807, 2.05) is 24.3 Å². The maximum absolute atomic E-state index is 12.5. The molecule has 0 radical (unpaired) electrons. The van der Waals surface area contributed by atoms with E-state index in [4.69, 9.17) is 19.9 Å². The molecule has 2 aliphatic rings. The second kappa shape index (κ2) is 12.5. The summed E-state index contributed by atoms with van der Waals surface area (Å²) in [5, 5.41) is 2.96. The van der Waals surface area contributed by atoms with Gasteiger partial charge in [0.25, 0.3) is 0 Å². The molecule has 1 aromatic rings. The van der Waals surface area contributed by atoms with Gasteiger partial charge in [0.2, 0.25) is 5.91 Å². The highest BCUT2D eigenvalue weighted by Gasteiger charge is 2.35. The number of carbonyl (C=O) groups is 1. The van der Waals surface area contributed by atoms with E-state index in [2.05, 4.69) is 10.2 Å². The molecule has 2 heterocycles. The van der Waals surface area contributed by atoms with E-state index in [1.165, 1.54) is 0 Å². The third-order valence-corrected chi connectivity index (χ3v) is 5.02. The first-order valence-electron chi connectivity index (χ1n) is 9.33. The van der Waals surface area contributed by atoms with Crippen LogP contribution in [0.25, 0.3) is 0 Å². The van der Waals surface area contributed by atoms with E-state index >= 15 is 0 Å². The number of nitrogens with one attached hydrogen (secondary N) is 1. The zero-order chi connectivity index (χ0) is 18.2. The molecule has 2 fully saturated rings. The van der Waals surface area contributed by atoms with Crippen molar-refractivity contribution < 1.29 is 19.0 Å². The zero-order valence-corrected chi connectivity index (χ0v) is 17.7. The van der Waals surface area contributed by atoms with Gasteiger partial charge in [0.1, 0.15) is 12.4 Å². The lowest BCUT2D eigenvalue weighted by molar-refractivity contribution is -0.129. The Balaban J connectivity index is 0.00000196. The number of nitrogens with two attached hydrogens (primary N) is 1. The van der Waals surface area contributed by atoms with Gasteiger partial charge in [-0.25, -0.2) is 0 Å². The van der Waals surface area contributed by atoms with Crippen molar-refractivity contribution >= 4 is 30.7 Å². The van der Waals surface area contributed by atoms with Gasteiger partial charge in [-0.05, 0) is 18.9 Å². The second-order valence-corrected chi connectivity index (χ2v) is 6.86. The Bertz CT molecular complexity index is 594. The number of benzene rings is 1. The van der Waals surface area contributed by atoms with E-state index in [1.54, 1.807) is 0 Å². The van der Waals surface area contributed by atoms with E-state index in [9.17, 15) is 4.79 Å². The van der Waals surface area contributed by atoms with Crippen LogP contribution >= 0.6 is 24.8 Å². The van der Waals surface area contributed by atoms with E-state index in [-0.39, 0.29) is 30.7 Å². The highest BCUT2D eigenvalue weighted by molar-refractivity contribution is 5.86. The van der Waals surface area contributed by atoms with Crippen LogP contribution in [-0.4, -0.2) is 69.0 Å². The summed E-state index contributed by atoms with van der Waals surface area (Å²) in [5.74, 6) is 0.683. The minimum Gasteiger partial charge on any atom is -0.492 e. The minimum absolute atomic E-state index is 0. The summed E-state index contributed by atoms with van der Waals surface area (Å²) in [6, 6.07) is 7.80. The van der Waals surface area contributed by atoms with Crippen LogP contribution in [0.2, 0.25) is 0 Å². The minimum atomic E-state index is -0.829. The molecule has 28 heavy (non-hydrogen) atoms. The van der Waals surface area contributed by atoms with Crippen molar-refractivity contribution in [1.82, 2.24) is 10.2 Å². The lowest BCUT2D eigenvalue weighted by Crippen LogP contribution is -2.56. The molecule has 0 atom stereocenters. The SMILES string of the molecule is Cl.Cl.NC1(C(=O)NCc2ccccc2OCCN2CCOCC2)CCOCC1. The van der Waals surface area contributed by atoms with Crippen LogP contribution in [0.5, 0.6) is 5.75 Å². The van der Waals surface area contributed by atoms with Gasteiger partial charge in [-0.3, -0.25) is 9.69 Å². The van der Waals surface area contributed by atoms with Gasteiger partial charge in [0, 0.05) is 45.0 Å². The van der Waals surface area contributed by atoms with Gasteiger partial charge in [0.05, 0.1) is 18.8 Å². The number of hydrogen-bond acceptors (Lipinski definition) is 6. The Morgan fingerprint density at radius 1 is 1.11 bits per heavy atom. The summed E-state index contributed by atoms with van der Waals surface area (Å²) in [5.41, 5.74) is 6.36. The molecule has 7 nitrogen and oxygen atoms in total. The monoisotopic (exact) mass is 435 g/mol. The maximum atomic E-state index is 12.5. The van der Waals surface area contributed by atoms with Crippen LogP contribution in [0.3, 0.4) is 0 Å². The molecule has 0 spiro atoms. The van der Waals surface area contributed by atoms with Crippen LogP contribution in [0.15, 0.2) is 24.3 Å². The van der Waals surface area contributed by atoms with Crippen LogP contribution < -0.4 is 15.8 Å². The number of amides is 1. The number of halogens is 2. The van der Waals surface area contributed by atoms with Crippen molar-refractivity contribution in [1.29, 1.82) is 0 Å². The predicted molar refractivity (Wildman–Crippen MR) is 113 cm³/mol. The van der Waals surface area contributed by atoms with Gasteiger partial charge in [-0.15, -0.1) is 24.8 Å². The topological polar surface area (TPSA) is 86.1 Å². The third kappa shape index (κ3) is 7.06. The molecule has 160 valence electrons. The lowest BCUT2D eigenvalue weighted by atomic mass is 9.90. The molecule has 9 heteroatoms. The average molecular weight is 436 g/mol. The van der Waals surface area contributed by atoms with Crippen molar-refractivity contribution in [3.63, 3.8) is 0 Å². The fraction of sp³-hybridized carbons (Fsp3) is 0.632. The fourth-order valence-corrected chi connectivity index (χ4v) is 3.21. The summed E-state index contributed by atoms with van der Waals surface area (Å²) in [7, 11) is 0. The van der Waals surface area contributed by atoms with Crippen LogP contribution in [0.1, 0.15) is 18.4 Å². The molecule has 0 unspecified atom stereocenters. The van der Waals surface area contributed by atoms with Crippen molar-refractivity contribution in [3.8, 4) is 5.75 Å². The lowest BCUT2D eigenvalue weighted by Gasteiger charge is -2.31. The fourth-order valence-electron chi connectivity index (χ4n) is 3.21. The number of morpholine rings is 1. The second-order valence-electron chi connectivity index (χ2n) is 6.86. The molecule has 2 saturated heterocycles. The standard InChI is InChI=1S/C19H29N3O4.2ClH/c20-19(5-10-24-11-6-19)18(23)21-15-16-3-1-2-4-17(16)26-14-9-22-7-12-25-13-8-22;;/h1-4H,5-15,20H2,(H,21,23);2*1H. The molecule has 0 aromatic heterocycles. The van der Waals surface area contributed by atoms with E-state index < -0.39 is 5.54 Å². The summed E-state index contributed by atoms with van der Waals surface area (Å²) < 4.78 is 16.6. The zero-order valence-electron chi connectivity index (χ0n) is 16.1. The number of hydrogen-bond donors (Lipinski definition) is 2. The summed E-state index contributed by atoms with van der Waals surface area (Å²) in [6.45, 7) is 6.43. The van der Waals surface area contributed by atoms with Crippen LogP contribution in [0, 0.1) is 0 Å². The molecule has 1 aromatic carbocycles. The summed E-state index contributed by atoms with van der Waals surface area (Å²) in [4.78, 5) is 14.8. The molecule has 3 rings (SSSR count). The van der Waals surface area contributed by atoms with Crippen LogP contribution in [0.4, 0.5) is 0 Å². The highest BCUT2D eigenvalue weighted by Crippen LogP contribution is 2.20. The Labute approximate surface area is 179 Å². The van der Waals surface area contributed by atoms with Crippen molar-refractivity contribution in [3.05, 3.63) is 29.8 Å². The van der Waals surface area contributed by atoms with Gasteiger partial charge in [0.15, 0.2) is 0 Å². The van der Waals surface area contributed by atoms with Crippen LogP contribution in [-0.2, 0) is 20.8 Å². The summed E-state index contributed by atoms with van der Waals surface area (Å²) in [6.07, 6.45) is 1.10. The molecule has 0 bridgehead atoms. The molecule has 0 aliphatic carbocycles. The number of nitrogens with zero attached hydrogens (tertiary/aromatic N) is 1. The number of para-hydroxylation sites is 1.